The Bertz CT molecular complexity index is 305. The van der Waals surface area contributed by atoms with Gasteiger partial charge in [-0.15, -0.1) is 0 Å². The van der Waals surface area contributed by atoms with E-state index >= 15 is 0 Å². The highest BCUT2D eigenvalue weighted by Crippen LogP contribution is 2.38. The SMILES string of the molecule is C1=CC2CC=C(N3CCCC3)C2C=C1. The summed E-state index contributed by atoms with van der Waals surface area (Å²) in [5, 5.41) is 0. The van der Waals surface area contributed by atoms with Crippen LogP contribution in [0.2, 0.25) is 0 Å². The maximum atomic E-state index is 2.59. The number of hydrogen-bond acceptors (Lipinski definition) is 1. The molecule has 3 rings (SSSR count). The Labute approximate surface area is 85.8 Å². The summed E-state index contributed by atoms with van der Waals surface area (Å²) in [7, 11) is 0. The summed E-state index contributed by atoms with van der Waals surface area (Å²) in [6, 6.07) is 0. The fourth-order valence-corrected chi connectivity index (χ4v) is 2.90. The Morgan fingerprint density at radius 2 is 1.86 bits per heavy atom. The van der Waals surface area contributed by atoms with E-state index in [0.717, 1.165) is 5.92 Å². The van der Waals surface area contributed by atoms with Crippen LogP contribution in [-0.2, 0) is 0 Å². The molecule has 1 heteroatoms. The van der Waals surface area contributed by atoms with Crippen molar-refractivity contribution >= 4 is 0 Å². The molecule has 0 aromatic carbocycles. The lowest BCUT2D eigenvalue weighted by molar-refractivity contribution is 0.373. The van der Waals surface area contributed by atoms with Crippen molar-refractivity contribution in [2.24, 2.45) is 11.8 Å². The third kappa shape index (κ3) is 1.23. The number of rotatable bonds is 1. The van der Waals surface area contributed by atoms with Gasteiger partial charge in [0.05, 0.1) is 0 Å². The van der Waals surface area contributed by atoms with Crippen molar-refractivity contribution < 1.29 is 0 Å². The normalized spacial score (nSPS) is 34.9. The van der Waals surface area contributed by atoms with E-state index in [2.05, 4.69) is 35.3 Å². The molecule has 0 spiro atoms. The number of likely N-dealkylation sites (tertiary alicyclic amines) is 1. The minimum absolute atomic E-state index is 0.693. The van der Waals surface area contributed by atoms with Crippen LogP contribution in [0, 0.1) is 11.8 Å². The predicted molar refractivity (Wildman–Crippen MR) is 58.8 cm³/mol. The van der Waals surface area contributed by atoms with Gasteiger partial charge in [-0.2, -0.15) is 0 Å². The molecule has 0 saturated carbocycles. The molecule has 2 unspecified atom stereocenters. The minimum atomic E-state index is 0.693. The van der Waals surface area contributed by atoms with Crippen LogP contribution < -0.4 is 0 Å². The predicted octanol–water partition coefficient (Wildman–Crippen LogP) is 2.73. The van der Waals surface area contributed by atoms with Crippen LogP contribution in [0.25, 0.3) is 0 Å². The van der Waals surface area contributed by atoms with Crippen molar-refractivity contribution in [2.45, 2.75) is 19.3 Å². The van der Waals surface area contributed by atoms with Gasteiger partial charge >= 0.3 is 0 Å². The molecule has 0 bridgehead atoms. The van der Waals surface area contributed by atoms with Crippen LogP contribution in [0.15, 0.2) is 36.1 Å². The summed E-state index contributed by atoms with van der Waals surface area (Å²) >= 11 is 0. The van der Waals surface area contributed by atoms with Gasteiger partial charge in [0.1, 0.15) is 0 Å². The molecule has 0 amide bonds. The van der Waals surface area contributed by atoms with Crippen LogP contribution in [0.3, 0.4) is 0 Å². The van der Waals surface area contributed by atoms with Gasteiger partial charge in [0.15, 0.2) is 0 Å². The lowest BCUT2D eigenvalue weighted by atomic mass is 9.89. The lowest BCUT2D eigenvalue weighted by Gasteiger charge is -2.27. The Kier molecular flexibility index (Phi) is 1.97. The van der Waals surface area contributed by atoms with E-state index in [1.54, 1.807) is 5.70 Å². The summed E-state index contributed by atoms with van der Waals surface area (Å²) in [5.41, 5.74) is 1.60. The highest BCUT2D eigenvalue weighted by Gasteiger charge is 2.31. The number of nitrogens with zero attached hydrogens (tertiary/aromatic N) is 1. The van der Waals surface area contributed by atoms with Crippen LogP contribution in [0.1, 0.15) is 19.3 Å². The average molecular weight is 187 g/mol. The fraction of sp³-hybridized carbons (Fsp3) is 0.538. The quantitative estimate of drug-likeness (QED) is 0.610. The molecule has 1 saturated heterocycles. The molecule has 0 N–H and O–H groups in total. The Balaban J connectivity index is 1.81. The van der Waals surface area contributed by atoms with Crippen molar-refractivity contribution in [3.8, 4) is 0 Å². The van der Waals surface area contributed by atoms with E-state index in [9.17, 15) is 0 Å². The van der Waals surface area contributed by atoms with Gasteiger partial charge in [0, 0.05) is 24.7 Å². The molecule has 3 aliphatic rings. The summed E-state index contributed by atoms with van der Waals surface area (Å²) in [6.45, 7) is 2.57. The van der Waals surface area contributed by atoms with E-state index in [1.165, 1.54) is 32.4 Å². The molecule has 1 aliphatic heterocycles. The van der Waals surface area contributed by atoms with Crippen molar-refractivity contribution in [1.82, 2.24) is 4.90 Å². The molecule has 1 fully saturated rings. The zero-order valence-corrected chi connectivity index (χ0v) is 8.52. The monoisotopic (exact) mass is 187 g/mol. The first-order valence-corrected chi connectivity index (χ1v) is 5.75. The fourth-order valence-electron chi connectivity index (χ4n) is 2.90. The van der Waals surface area contributed by atoms with Gasteiger partial charge in [0.2, 0.25) is 0 Å². The Morgan fingerprint density at radius 3 is 2.71 bits per heavy atom. The maximum Gasteiger partial charge on any atom is 0.0234 e. The molecule has 74 valence electrons. The third-order valence-electron chi connectivity index (χ3n) is 3.66. The van der Waals surface area contributed by atoms with Gasteiger partial charge in [0.25, 0.3) is 0 Å². The van der Waals surface area contributed by atoms with E-state index in [4.69, 9.17) is 0 Å². The number of hydrogen-bond donors (Lipinski definition) is 0. The summed E-state index contributed by atoms with van der Waals surface area (Å²) in [6.07, 6.45) is 15.6. The standard InChI is InChI=1S/C13H17N/c1-2-6-12-11(5-1)7-8-13(12)14-9-3-4-10-14/h1-2,5-6,8,11-12H,3-4,7,9-10H2. The van der Waals surface area contributed by atoms with Crippen molar-refractivity contribution in [1.29, 1.82) is 0 Å². The van der Waals surface area contributed by atoms with Crippen molar-refractivity contribution in [3.63, 3.8) is 0 Å². The van der Waals surface area contributed by atoms with E-state index in [1.807, 2.05) is 0 Å². The highest BCUT2D eigenvalue weighted by atomic mass is 15.2. The topological polar surface area (TPSA) is 3.24 Å². The summed E-state index contributed by atoms with van der Waals surface area (Å²) in [4.78, 5) is 2.59. The molecular formula is C13H17N. The second-order valence-corrected chi connectivity index (χ2v) is 4.52. The zero-order chi connectivity index (χ0) is 9.38. The van der Waals surface area contributed by atoms with E-state index < -0.39 is 0 Å². The first-order valence-electron chi connectivity index (χ1n) is 5.75. The average Bonchev–Trinajstić information content (AvgIpc) is 2.85. The second kappa shape index (κ2) is 3.30. The van der Waals surface area contributed by atoms with E-state index in [-0.39, 0.29) is 0 Å². The first kappa shape index (κ1) is 8.34. The number of allylic oxidation sites excluding steroid dienone is 5. The molecule has 0 aromatic heterocycles. The zero-order valence-electron chi connectivity index (χ0n) is 8.52. The molecule has 1 nitrogen and oxygen atoms in total. The molecule has 0 aromatic rings. The van der Waals surface area contributed by atoms with Crippen molar-refractivity contribution in [3.05, 3.63) is 36.1 Å². The highest BCUT2D eigenvalue weighted by molar-refractivity contribution is 5.29. The third-order valence-corrected chi connectivity index (χ3v) is 3.66. The minimum Gasteiger partial charge on any atom is -0.375 e. The lowest BCUT2D eigenvalue weighted by Crippen LogP contribution is -2.24. The smallest absolute Gasteiger partial charge is 0.0234 e. The van der Waals surface area contributed by atoms with Gasteiger partial charge in [-0.1, -0.05) is 30.4 Å². The van der Waals surface area contributed by atoms with E-state index in [0.29, 0.717) is 5.92 Å². The first-order chi connectivity index (χ1) is 6.95. The molecular weight excluding hydrogens is 170 g/mol. The van der Waals surface area contributed by atoms with Gasteiger partial charge in [-0.05, 0) is 25.2 Å². The van der Waals surface area contributed by atoms with Gasteiger partial charge in [-0.25, -0.2) is 0 Å². The van der Waals surface area contributed by atoms with Crippen molar-refractivity contribution in [2.75, 3.05) is 13.1 Å². The van der Waals surface area contributed by atoms with Crippen LogP contribution >= 0.6 is 0 Å². The number of fused-ring (bicyclic) bond motifs is 1. The Morgan fingerprint density at radius 1 is 1.07 bits per heavy atom. The molecule has 0 radical (unpaired) electrons. The Hall–Kier alpha value is -0.980. The maximum absolute atomic E-state index is 2.59. The summed E-state index contributed by atoms with van der Waals surface area (Å²) < 4.78 is 0. The largest absolute Gasteiger partial charge is 0.375 e. The molecule has 2 atom stereocenters. The van der Waals surface area contributed by atoms with Gasteiger partial charge in [-0.3, -0.25) is 0 Å². The molecule has 1 heterocycles. The summed E-state index contributed by atoms with van der Waals surface area (Å²) in [5.74, 6) is 1.45. The van der Waals surface area contributed by atoms with Crippen LogP contribution in [0.4, 0.5) is 0 Å². The molecule has 14 heavy (non-hydrogen) atoms. The van der Waals surface area contributed by atoms with Crippen LogP contribution in [0.5, 0.6) is 0 Å². The van der Waals surface area contributed by atoms with Crippen LogP contribution in [-0.4, -0.2) is 18.0 Å². The second-order valence-electron chi connectivity index (χ2n) is 4.52. The molecule has 2 aliphatic carbocycles. The van der Waals surface area contributed by atoms with Gasteiger partial charge < -0.3 is 4.90 Å².